The predicted molar refractivity (Wildman–Crippen MR) is 75.4 cm³/mol. The van der Waals surface area contributed by atoms with Gasteiger partial charge in [-0.05, 0) is 37.1 Å². The second kappa shape index (κ2) is 8.53. The number of hydrogen-bond donors (Lipinski definition) is 2. The van der Waals surface area contributed by atoms with Gasteiger partial charge in [-0.15, -0.1) is 0 Å². The molecule has 0 aliphatic carbocycles. The monoisotopic (exact) mass is 265 g/mol. The first-order valence-electron chi connectivity index (χ1n) is 6.86. The fourth-order valence-electron chi connectivity index (χ4n) is 1.75. The van der Waals surface area contributed by atoms with E-state index in [1.807, 2.05) is 31.2 Å². The minimum atomic E-state index is -0.907. The Morgan fingerprint density at radius 2 is 1.95 bits per heavy atom. The Morgan fingerprint density at radius 3 is 2.47 bits per heavy atom. The van der Waals surface area contributed by atoms with Crippen molar-refractivity contribution in [3.63, 3.8) is 0 Å². The van der Waals surface area contributed by atoms with Crippen LogP contribution in [0.5, 0.6) is 5.75 Å². The number of hydrogen-bond acceptors (Lipinski definition) is 3. The molecular weight excluding hydrogens is 242 g/mol. The molecule has 4 heteroatoms. The molecule has 0 aliphatic heterocycles. The molecule has 1 unspecified atom stereocenters. The van der Waals surface area contributed by atoms with Crippen molar-refractivity contribution in [3.05, 3.63) is 29.8 Å². The maximum absolute atomic E-state index is 11.0. The molecule has 106 valence electrons. The highest BCUT2D eigenvalue weighted by Crippen LogP contribution is 2.16. The summed E-state index contributed by atoms with van der Waals surface area (Å²) in [5.41, 5.74) is 1.17. The predicted octanol–water partition coefficient (Wildman–Crippen LogP) is 2.82. The third-order valence-corrected chi connectivity index (χ3v) is 2.78. The van der Waals surface area contributed by atoms with Gasteiger partial charge >= 0.3 is 5.97 Å². The maximum atomic E-state index is 11.0. The Balaban J connectivity index is 2.52. The number of benzene rings is 1. The Morgan fingerprint density at radius 1 is 1.26 bits per heavy atom. The van der Waals surface area contributed by atoms with Gasteiger partial charge in [0.2, 0.25) is 0 Å². The van der Waals surface area contributed by atoms with Gasteiger partial charge in [0.1, 0.15) is 5.75 Å². The van der Waals surface area contributed by atoms with E-state index in [-0.39, 0.29) is 0 Å². The third-order valence-electron chi connectivity index (χ3n) is 2.78. The number of ether oxygens (including phenoxy) is 1. The van der Waals surface area contributed by atoms with E-state index in [0.29, 0.717) is 12.2 Å². The summed E-state index contributed by atoms with van der Waals surface area (Å²) in [6, 6.07) is 7.58. The molecule has 0 heterocycles. The zero-order valence-corrected chi connectivity index (χ0v) is 11.7. The number of nitrogens with one attached hydrogen (secondary N) is 1. The van der Waals surface area contributed by atoms with Crippen molar-refractivity contribution < 1.29 is 14.6 Å². The summed E-state index contributed by atoms with van der Waals surface area (Å²) in [6.07, 6.45) is 1.66. The van der Waals surface area contributed by atoms with Gasteiger partial charge in [-0.1, -0.05) is 32.4 Å². The van der Waals surface area contributed by atoms with Gasteiger partial charge in [-0.2, -0.15) is 0 Å². The molecule has 4 nitrogen and oxygen atoms in total. The molecule has 19 heavy (non-hydrogen) atoms. The van der Waals surface area contributed by atoms with Crippen LogP contribution in [0.4, 0.5) is 0 Å². The highest BCUT2D eigenvalue weighted by Gasteiger charge is 2.17. The lowest BCUT2D eigenvalue weighted by Crippen LogP contribution is -2.26. The van der Waals surface area contributed by atoms with Crippen LogP contribution in [-0.4, -0.2) is 23.7 Å². The van der Waals surface area contributed by atoms with Crippen molar-refractivity contribution in [1.82, 2.24) is 5.32 Å². The molecule has 0 fully saturated rings. The van der Waals surface area contributed by atoms with E-state index in [9.17, 15) is 4.79 Å². The summed E-state index contributed by atoms with van der Waals surface area (Å²) >= 11 is 0. The summed E-state index contributed by atoms with van der Waals surface area (Å²) in [7, 11) is 0. The lowest BCUT2D eigenvalue weighted by atomic mass is 10.2. The molecule has 1 atom stereocenters. The van der Waals surface area contributed by atoms with Gasteiger partial charge in [0.05, 0.1) is 0 Å². The molecule has 0 radical (unpaired) electrons. The molecule has 0 bridgehead atoms. The summed E-state index contributed by atoms with van der Waals surface area (Å²) in [6.45, 7) is 5.90. The lowest BCUT2D eigenvalue weighted by Gasteiger charge is -2.14. The molecule has 1 aromatic rings. The zero-order valence-electron chi connectivity index (χ0n) is 11.7. The Labute approximate surface area is 114 Å². The van der Waals surface area contributed by atoms with Gasteiger partial charge in [0.15, 0.2) is 6.10 Å². The second-order valence-electron chi connectivity index (χ2n) is 4.55. The Bertz CT molecular complexity index is 375. The average Bonchev–Trinajstić information content (AvgIpc) is 2.40. The number of carbonyl (C=O) groups is 1. The van der Waals surface area contributed by atoms with Gasteiger partial charge in [-0.3, -0.25) is 0 Å². The number of rotatable bonds is 9. The second-order valence-corrected chi connectivity index (χ2v) is 4.55. The molecule has 0 aromatic heterocycles. The van der Waals surface area contributed by atoms with Crippen LogP contribution in [-0.2, 0) is 11.3 Å². The van der Waals surface area contributed by atoms with E-state index in [4.69, 9.17) is 9.84 Å². The smallest absolute Gasteiger partial charge is 0.344 e. The highest BCUT2D eigenvalue weighted by molar-refractivity contribution is 5.72. The molecule has 1 aromatic carbocycles. The van der Waals surface area contributed by atoms with E-state index in [1.165, 1.54) is 5.56 Å². The standard InChI is InChI=1S/C15H23NO3/c1-3-5-14(15(17)18)19-13-8-6-12(7-9-13)11-16-10-4-2/h6-9,14,16H,3-5,10-11H2,1-2H3,(H,17,18). The zero-order chi connectivity index (χ0) is 14.1. The molecule has 0 saturated carbocycles. The van der Waals surface area contributed by atoms with E-state index in [0.717, 1.165) is 25.9 Å². The summed E-state index contributed by atoms with van der Waals surface area (Å²) in [5, 5.41) is 12.3. The van der Waals surface area contributed by atoms with Crippen LogP contribution in [0, 0.1) is 0 Å². The van der Waals surface area contributed by atoms with Crippen LogP contribution in [0.1, 0.15) is 38.7 Å². The largest absolute Gasteiger partial charge is 0.479 e. The first kappa shape index (κ1) is 15.5. The maximum Gasteiger partial charge on any atom is 0.344 e. The van der Waals surface area contributed by atoms with E-state index >= 15 is 0 Å². The minimum Gasteiger partial charge on any atom is -0.479 e. The van der Waals surface area contributed by atoms with Crippen LogP contribution in [0.15, 0.2) is 24.3 Å². The summed E-state index contributed by atoms with van der Waals surface area (Å²) in [5.74, 6) is -0.296. The normalized spacial score (nSPS) is 12.1. The number of carboxylic acid groups (broad SMARTS) is 1. The van der Waals surface area contributed by atoms with Gasteiger partial charge in [0.25, 0.3) is 0 Å². The fourth-order valence-corrected chi connectivity index (χ4v) is 1.75. The molecule has 0 amide bonds. The molecule has 0 saturated heterocycles. The van der Waals surface area contributed by atoms with Gasteiger partial charge in [0, 0.05) is 6.54 Å². The average molecular weight is 265 g/mol. The van der Waals surface area contributed by atoms with Crippen molar-refractivity contribution in [1.29, 1.82) is 0 Å². The molecule has 1 rings (SSSR count). The first-order chi connectivity index (χ1) is 9.17. The molecule has 2 N–H and O–H groups in total. The summed E-state index contributed by atoms with van der Waals surface area (Å²) < 4.78 is 5.48. The van der Waals surface area contributed by atoms with E-state index in [1.54, 1.807) is 0 Å². The quantitative estimate of drug-likeness (QED) is 0.674. The fraction of sp³-hybridized carbons (Fsp3) is 0.533. The topological polar surface area (TPSA) is 58.6 Å². The Kier molecular flexibility index (Phi) is 6.97. The van der Waals surface area contributed by atoms with Crippen molar-refractivity contribution in [2.24, 2.45) is 0 Å². The van der Waals surface area contributed by atoms with Gasteiger partial charge in [-0.25, -0.2) is 4.79 Å². The minimum absolute atomic E-state index is 0.523. The van der Waals surface area contributed by atoms with Crippen molar-refractivity contribution in [2.45, 2.75) is 45.8 Å². The van der Waals surface area contributed by atoms with Crippen molar-refractivity contribution in [3.8, 4) is 5.75 Å². The van der Waals surface area contributed by atoms with Crippen molar-refractivity contribution in [2.75, 3.05) is 6.54 Å². The van der Waals surface area contributed by atoms with Crippen LogP contribution in [0.2, 0.25) is 0 Å². The van der Waals surface area contributed by atoms with Crippen LogP contribution in [0.3, 0.4) is 0 Å². The number of carboxylic acids is 1. The molecule has 0 aliphatic rings. The Hall–Kier alpha value is -1.55. The van der Waals surface area contributed by atoms with Crippen LogP contribution < -0.4 is 10.1 Å². The third kappa shape index (κ3) is 5.75. The lowest BCUT2D eigenvalue weighted by molar-refractivity contribution is -0.145. The SMILES string of the molecule is CCCNCc1ccc(OC(CCC)C(=O)O)cc1. The first-order valence-corrected chi connectivity index (χ1v) is 6.86. The van der Waals surface area contributed by atoms with Gasteiger partial charge < -0.3 is 15.2 Å². The van der Waals surface area contributed by atoms with Crippen LogP contribution in [0.25, 0.3) is 0 Å². The highest BCUT2D eigenvalue weighted by atomic mass is 16.5. The van der Waals surface area contributed by atoms with E-state index < -0.39 is 12.1 Å². The van der Waals surface area contributed by atoms with E-state index in [2.05, 4.69) is 12.2 Å². The van der Waals surface area contributed by atoms with Crippen LogP contribution >= 0.6 is 0 Å². The molecular formula is C15H23NO3. The molecule has 0 spiro atoms. The number of aliphatic carboxylic acids is 1. The van der Waals surface area contributed by atoms with Crippen molar-refractivity contribution >= 4 is 5.97 Å². The summed E-state index contributed by atoms with van der Waals surface area (Å²) in [4.78, 5) is 11.0.